The van der Waals surface area contributed by atoms with Gasteiger partial charge in [-0.2, -0.15) is 0 Å². The van der Waals surface area contributed by atoms with Gasteiger partial charge in [-0.3, -0.25) is 9.36 Å². The molecule has 2 N–H and O–H groups in total. The monoisotopic (exact) mass is 236 g/mol. The van der Waals surface area contributed by atoms with Crippen LogP contribution >= 0.6 is 0 Å². The Morgan fingerprint density at radius 2 is 1.76 bits per heavy atom. The van der Waals surface area contributed by atoms with Gasteiger partial charge in [-0.05, 0) is 29.3 Å². The van der Waals surface area contributed by atoms with Crippen molar-refractivity contribution >= 4 is 5.82 Å². The van der Waals surface area contributed by atoms with Gasteiger partial charge in [0.1, 0.15) is 5.82 Å². The number of rotatable bonds is 1. The summed E-state index contributed by atoms with van der Waals surface area (Å²) in [7, 11) is 1.53. The maximum absolute atomic E-state index is 13.1. The predicted molar refractivity (Wildman–Crippen MR) is 61.4 cm³/mol. The molecule has 0 amide bonds. The van der Waals surface area contributed by atoms with Crippen molar-refractivity contribution in [1.82, 2.24) is 4.57 Å². The summed E-state index contributed by atoms with van der Waals surface area (Å²) in [6.45, 7) is 0. The molecule has 0 spiro atoms. The molecule has 1 heterocycles. The van der Waals surface area contributed by atoms with Crippen molar-refractivity contribution in [1.29, 1.82) is 0 Å². The highest BCUT2D eigenvalue weighted by atomic mass is 19.2. The van der Waals surface area contributed by atoms with E-state index in [0.717, 1.165) is 12.1 Å². The molecule has 0 radical (unpaired) electrons. The minimum Gasteiger partial charge on any atom is -0.385 e. The van der Waals surface area contributed by atoms with Crippen molar-refractivity contribution in [2.24, 2.45) is 7.05 Å². The Labute approximate surface area is 96.1 Å². The third-order valence-electron chi connectivity index (χ3n) is 2.55. The van der Waals surface area contributed by atoms with Gasteiger partial charge in [0, 0.05) is 13.1 Å². The van der Waals surface area contributed by atoms with E-state index in [9.17, 15) is 13.6 Å². The molecule has 0 bridgehead atoms. The van der Waals surface area contributed by atoms with Gasteiger partial charge in [0.2, 0.25) is 0 Å². The van der Waals surface area contributed by atoms with Crippen LogP contribution in [-0.4, -0.2) is 4.57 Å². The quantitative estimate of drug-likeness (QED) is 0.822. The van der Waals surface area contributed by atoms with Crippen LogP contribution in [0.2, 0.25) is 0 Å². The molecule has 0 saturated heterocycles. The first-order chi connectivity index (χ1) is 7.99. The molecule has 17 heavy (non-hydrogen) atoms. The van der Waals surface area contributed by atoms with Crippen LogP contribution in [0.4, 0.5) is 14.6 Å². The molecule has 0 saturated carbocycles. The van der Waals surface area contributed by atoms with Gasteiger partial charge in [0.25, 0.3) is 5.56 Å². The smallest absolute Gasteiger partial charge is 0.252 e. The second-order valence-corrected chi connectivity index (χ2v) is 3.70. The highest BCUT2D eigenvalue weighted by molar-refractivity contribution is 5.65. The molecular formula is C12H10F2N2O. The zero-order valence-electron chi connectivity index (χ0n) is 9.08. The number of pyridine rings is 1. The minimum atomic E-state index is -0.957. The first-order valence-corrected chi connectivity index (χ1v) is 4.91. The first-order valence-electron chi connectivity index (χ1n) is 4.91. The number of nitrogens with zero attached hydrogens (tertiary/aromatic N) is 1. The van der Waals surface area contributed by atoms with Gasteiger partial charge in [0.15, 0.2) is 11.6 Å². The summed E-state index contributed by atoms with van der Waals surface area (Å²) >= 11 is 0. The average Bonchev–Trinajstić information content (AvgIpc) is 2.29. The molecule has 0 aliphatic carbocycles. The Hall–Kier alpha value is -2.17. The fourth-order valence-electron chi connectivity index (χ4n) is 1.50. The first kappa shape index (κ1) is 11.3. The average molecular weight is 236 g/mol. The number of halogens is 2. The number of hydrogen-bond acceptors (Lipinski definition) is 2. The second-order valence-electron chi connectivity index (χ2n) is 3.70. The van der Waals surface area contributed by atoms with Gasteiger partial charge >= 0.3 is 0 Å². The summed E-state index contributed by atoms with van der Waals surface area (Å²) in [4.78, 5) is 11.5. The Morgan fingerprint density at radius 3 is 2.35 bits per heavy atom. The maximum atomic E-state index is 13.1. The third-order valence-corrected chi connectivity index (χ3v) is 2.55. The van der Waals surface area contributed by atoms with Gasteiger partial charge in [-0.25, -0.2) is 8.78 Å². The highest BCUT2D eigenvalue weighted by Crippen LogP contribution is 2.21. The summed E-state index contributed by atoms with van der Waals surface area (Å²) in [6, 6.07) is 6.30. The van der Waals surface area contributed by atoms with E-state index in [1.165, 1.54) is 29.8 Å². The topological polar surface area (TPSA) is 48.0 Å². The fraction of sp³-hybridized carbons (Fsp3) is 0.0833. The van der Waals surface area contributed by atoms with Crippen molar-refractivity contribution < 1.29 is 8.78 Å². The summed E-state index contributed by atoms with van der Waals surface area (Å²) in [5, 5.41) is 0. The van der Waals surface area contributed by atoms with Crippen LogP contribution in [0.15, 0.2) is 35.1 Å². The fourth-order valence-corrected chi connectivity index (χ4v) is 1.50. The lowest BCUT2D eigenvalue weighted by Crippen LogP contribution is -2.18. The molecule has 3 nitrogen and oxygen atoms in total. The molecular weight excluding hydrogens is 226 g/mol. The van der Waals surface area contributed by atoms with Crippen LogP contribution in [0.5, 0.6) is 0 Å². The summed E-state index contributed by atoms with van der Waals surface area (Å²) in [6.07, 6.45) is 0. The van der Waals surface area contributed by atoms with E-state index in [4.69, 9.17) is 5.73 Å². The van der Waals surface area contributed by atoms with E-state index in [2.05, 4.69) is 0 Å². The second kappa shape index (κ2) is 4.01. The lowest BCUT2D eigenvalue weighted by molar-refractivity contribution is 0.509. The molecule has 2 rings (SSSR count). The van der Waals surface area contributed by atoms with Gasteiger partial charge in [-0.1, -0.05) is 6.07 Å². The van der Waals surface area contributed by atoms with Crippen LogP contribution in [0.25, 0.3) is 11.1 Å². The van der Waals surface area contributed by atoms with Gasteiger partial charge in [-0.15, -0.1) is 0 Å². The third kappa shape index (κ3) is 2.04. The highest BCUT2D eigenvalue weighted by Gasteiger charge is 2.07. The van der Waals surface area contributed by atoms with Crippen molar-refractivity contribution in [2.45, 2.75) is 0 Å². The standard InChI is InChI=1S/C12H10F2N2O/c1-16-11(15)5-8(6-12(16)17)7-2-3-9(13)10(14)4-7/h2-6H,15H2,1H3. The zero-order chi connectivity index (χ0) is 12.6. The van der Waals surface area contributed by atoms with E-state index in [0.29, 0.717) is 11.1 Å². The zero-order valence-corrected chi connectivity index (χ0v) is 9.08. The molecule has 1 aromatic heterocycles. The Balaban J connectivity index is 2.61. The summed E-state index contributed by atoms with van der Waals surface area (Å²) in [5.41, 5.74) is 6.19. The summed E-state index contributed by atoms with van der Waals surface area (Å²) in [5.74, 6) is -1.62. The van der Waals surface area contributed by atoms with Crippen molar-refractivity contribution in [3.8, 4) is 11.1 Å². The Kier molecular flexibility index (Phi) is 2.67. The molecule has 2 aromatic rings. The molecule has 0 atom stereocenters. The van der Waals surface area contributed by atoms with Crippen LogP contribution < -0.4 is 11.3 Å². The van der Waals surface area contributed by atoms with Crippen LogP contribution in [0.3, 0.4) is 0 Å². The molecule has 0 aliphatic rings. The number of anilines is 1. The van der Waals surface area contributed by atoms with E-state index in [-0.39, 0.29) is 11.4 Å². The van der Waals surface area contributed by atoms with Gasteiger partial charge in [0.05, 0.1) is 0 Å². The number of benzene rings is 1. The van der Waals surface area contributed by atoms with E-state index >= 15 is 0 Å². The normalized spacial score (nSPS) is 10.5. The Morgan fingerprint density at radius 1 is 1.06 bits per heavy atom. The number of nitrogens with two attached hydrogens (primary N) is 1. The van der Waals surface area contributed by atoms with Crippen molar-refractivity contribution in [2.75, 3.05) is 5.73 Å². The predicted octanol–water partition coefficient (Wildman–Crippen LogP) is 1.91. The maximum Gasteiger partial charge on any atom is 0.252 e. The minimum absolute atomic E-state index is 0.261. The molecule has 0 fully saturated rings. The van der Waals surface area contributed by atoms with Crippen LogP contribution in [0, 0.1) is 11.6 Å². The summed E-state index contributed by atoms with van der Waals surface area (Å²) < 4.78 is 27.1. The molecule has 1 aromatic carbocycles. The number of aromatic nitrogens is 1. The van der Waals surface area contributed by atoms with Gasteiger partial charge < -0.3 is 5.73 Å². The van der Waals surface area contributed by atoms with Crippen molar-refractivity contribution in [3.05, 3.63) is 52.3 Å². The van der Waals surface area contributed by atoms with E-state index < -0.39 is 11.6 Å². The van der Waals surface area contributed by atoms with Crippen LogP contribution in [0.1, 0.15) is 0 Å². The number of nitrogen functional groups attached to an aromatic ring is 1. The molecule has 0 aliphatic heterocycles. The van der Waals surface area contributed by atoms with E-state index in [1.54, 1.807) is 0 Å². The molecule has 5 heteroatoms. The van der Waals surface area contributed by atoms with Crippen molar-refractivity contribution in [3.63, 3.8) is 0 Å². The molecule has 88 valence electrons. The van der Waals surface area contributed by atoms with Crippen LogP contribution in [-0.2, 0) is 7.05 Å². The SMILES string of the molecule is Cn1c(N)cc(-c2ccc(F)c(F)c2)cc1=O. The Bertz CT molecular complexity index is 635. The lowest BCUT2D eigenvalue weighted by atomic mass is 10.1. The van der Waals surface area contributed by atoms with E-state index in [1.807, 2.05) is 0 Å². The number of hydrogen-bond donors (Lipinski definition) is 1. The largest absolute Gasteiger partial charge is 0.385 e. The molecule has 0 unspecified atom stereocenters. The lowest BCUT2D eigenvalue weighted by Gasteiger charge is -2.07.